The molecule has 5 nitrogen and oxygen atoms in total. The van der Waals surface area contributed by atoms with Gasteiger partial charge in [-0.05, 0) is 25.2 Å². The molecule has 1 amide bonds. The summed E-state index contributed by atoms with van der Waals surface area (Å²) in [5, 5.41) is 3.35. The number of hydrogen-bond donors (Lipinski definition) is 1. The lowest BCUT2D eigenvalue weighted by molar-refractivity contribution is -0.132. The summed E-state index contributed by atoms with van der Waals surface area (Å²) >= 11 is 0. The predicted molar refractivity (Wildman–Crippen MR) is 74.4 cm³/mol. The van der Waals surface area contributed by atoms with E-state index in [-0.39, 0.29) is 41.6 Å². The molecule has 0 aromatic heterocycles. The maximum absolute atomic E-state index is 12.5. The van der Waals surface area contributed by atoms with Crippen LogP contribution >= 0.6 is 0 Å². The summed E-state index contributed by atoms with van der Waals surface area (Å²) in [6.07, 6.45) is 2.26. The molecule has 2 heterocycles. The molecule has 0 aliphatic carbocycles. The first-order valence-corrected chi connectivity index (χ1v) is 8.96. The monoisotopic (exact) mass is 288 g/mol. The number of nitrogens with one attached hydrogen (secondary N) is 1. The Balaban J connectivity index is 2.19. The van der Waals surface area contributed by atoms with Crippen LogP contribution in [-0.2, 0) is 14.6 Å². The lowest BCUT2D eigenvalue weighted by Crippen LogP contribution is -2.49. The molecule has 0 aromatic carbocycles. The second kappa shape index (κ2) is 5.40. The Kier molecular flexibility index (Phi) is 4.20. The molecular weight excluding hydrogens is 264 g/mol. The van der Waals surface area contributed by atoms with E-state index in [0.717, 1.165) is 12.8 Å². The van der Waals surface area contributed by atoms with E-state index in [0.29, 0.717) is 6.42 Å². The Morgan fingerprint density at radius 2 is 2.11 bits per heavy atom. The highest BCUT2D eigenvalue weighted by Crippen LogP contribution is 2.26. The molecule has 6 heteroatoms. The van der Waals surface area contributed by atoms with E-state index < -0.39 is 9.84 Å². The van der Waals surface area contributed by atoms with E-state index in [1.807, 2.05) is 20.8 Å². The number of nitrogens with zero attached hydrogens (tertiary/aromatic N) is 1. The second-order valence-electron chi connectivity index (χ2n) is 5.97. The molecule has 0 bridgehead atoms. The van der Waals surface area contributed by atoms with Crippen LogP contribution in [0.2, 0.25) is 0 Å². The number of hydrogen-bond acceptors (Lipinski definition) is 4. The van der Waals surface area contributed by atoms with Gasteiger partial charge >= 0.3 is 0 Å². The van der Waals surface area contributed by atoms with Crippen molar-refractivity contribution in [1.29, 1.82) is 0 Å². The van der Waals surface area contributed by atoms with E-state index in [4.69, 9.17) is 0 Å². The summed E-state index contributed by atoms with van der Waals surface area (Å²) in [6, 6.07) is -0.318. The first-order valence-electron chi connectivity index (χ1n) is 7.14. The lowest BCUT2D eigenvalue weighted by atomic mass is 10.0. The van der Waals surface area contributed by atoms with E-state index >= 15 is 0 Å². The quantitative estimate of drug-likeness (QED) is 0.832. The summed E-state index contributed by atoms with van der Waals surface area (Å²) in [5.41, 5.74) is 0. The highest BCUT2D eigenvalue weighted by atomic mass is 32.2. The summed E-state index contributed by atoms with van der Waals surface area (Å²) < 4.78 is 23.6. The molecule has 3 atom stereocenters. The minimum absolute atomic E-state index is 0.0156. The zero-order valence-electron chi connectivity index (χ0n) is 11.9. The molecule has 110 valence electrons. The van der Waals surface area contributed by atoms with Crippen LogP contribution in [0.15, 0.2) is 0 Å². The first kappa shape index (κ1) is 14.8. The van der Waals surface area contributed by atoms with Crippen molar-refractivity contribution in [2.45, 2.75) is 58.3 Å². The molecular formula is C13H24N2O3S. The fourth-order valence-electron chi connectivity index (χ4n) is 3.12. The maximum Gasteiger partial charge on any atom is 0.241 e. The lowest BCUT2D eigenvalue weighted by Gasteiger charge is -2.34. The Bertz CT molecular complexity index is 447. The van der Waals surface area contributed by atoms with Gasteiger partial charge in [0.25, 0.3) is 0 Å². The van der Waals surface area contributed by atoms with Crippen LogP contribution in [0.4, 0.5) is 0 Å². The molecule has 0 radical (unpaired) electrons. The zero-order valence-corrected chi connectivity index (χ0v) is 12.7. The average Bonchev–Trinajstić information content (AvgIpc) is 2.65. The van der Waals surface area contributed by atoms with Gasteiger partial charge in [-0.1, -0.05) is 20.8 Å². The normalized spacial score (nSPS) is 35.1. The van der Waals surface area contributed by atoms with Crippen molar-refractivity contribution in [3.8, 4) is 0 Å². The molecule has 0 saturated carbocycles. The SMILES string of the molecule is CCC1NC(C(C)C)C(=O)N1C1CCCS(=O)(=O)C1. The van der Waals surface area contributed by atoms with Crippen molar-refractivity contribution in [2.75, 3.05) is 11.5 Å². The van der Waals surface area contributed by atoms with Crippen LogP contribution in [0.5, 0.6) is 0 Å². The van der Waals surface area contributed by atoms with Gasteiger partial charge < -0.3 is 4.90 Å². The van der Waals surface area contributed by atoms with Gasteiger partial charge in [0.05, 0.1) is 23.7 Å². The van der Waals surface area contributed by atoms with Crippen LogP contribution in [-0.4, -0.2) is 49.0 Å². The van der Waals surface area contributed by atoms with E-state index in [1.165, 1.54) is 0 Å². The summed E-state index contributed by atoms with van der Waals surface area (Å²) in [5.74, 6) is 0.696. The van der Waals surface area contributed by atoms with Gasteiger partial charge in [-0.3, -0.25) is 10.1 Å². The fourth-order valence-corrected chi connectivity index (χ4v) is 4.80. The molecule has 0 aromatic rings. The molecule has 2 saturated heterocycles. The van der Waals surface area contributed by atoms with Crippen molar-refractivity contribution < 1.29 is 13.2 Å². The maximum atomic E-state index is 12.5. The van der Waals surface area contributed by atoms with E-state index in [1.54, 1.807) is 4.90 Å². The Hall–Kier alpha value is -0.620. The third-order valence-corrected chi connectivity index (χ3v) is 5.92. The summed E-state index contributed by atoms with van der Waals surface area (Å²) in [6.45, 7) is 6.06. The van der Waals surface area contributed by atoms with Gasteiger partial charge in [0.15, 0.2) is 9.84 Å². The van der Waals surface area contributed by atoms with E-state index in [9.17, 15) is 13.2 Å². The molecule has 19 heavy (non-hydrogen) atoms. The third kappa shape index (κ3) is 2.94. The van der Waals surface area contributed by atoms with Gasteiger partial charge in [-0.25, -0.2) is 8.42 Å². The fraction of sp³-hybridized carbons (Fsp3) is 0.923. The van der Waals surface area contributed by atoms with Crippen LogP contribution in [0.1, 0.15) is 40.0 Å². The van der Waals surface area contributed by atoms with Gasteiger partial charge in [0.2, 0.25) is 5.91 Å². The standard InChI is InChI=1S/C13H24N2O3S/c1-4-11-14-12(9(2)3)13(16)15(11)10-6-5-7-19(17,18)8-10/h9-12,14H,4-8H2,1-3H3. The van der Waals surface area contributed by atoms with Crippen LogP contribution in [0, 0.1) is 5.92 Å². The number of carbonyl (C=O) groups is 1. The molecule has 2 rings (SSSR count). The minimum Gasteiger partial charge on any atom is -0.322 e. The van der Waals surface area contributed by atoms with Gasteiger partial charge in [0.1, 0.15) is 0 Å². The Morgan fingerprint density at radius 3 is 2.63 bits per heavy atom. The average molecular weight is 288 g/mol. The van der Waals surface area contributed by atoms with E-state index in [2.05, 4.69) is 5.32 Å². The summed E-state index contributed by atoms with van der Waals surface area (Å²) in [4.78, 5) is 14.3. The Morgan fingerprint density at radius 1 is 1.42 bits per heavy atom. The van der Waals surface area contributed by atoms with Crippen LogP contribution in [0.25, 0.3) is 0 Å². The largest absolute Gasteiger partial charge is 0.322 e. The number of sulfone groups is 1. The molecule has 2 aliphatic rings. The van der Waals surface area contributed by atoms with Crippen molar-refractivity contribution in [2.24, 2.45) is 5.92 Å². The van der Waals surface area contributed by atoms with Crippen molar-refractivity contribution in [3.63, 3.8) is 0 Å². The molecule has 2 aliphatic heterocycles. The van der Waals surface area contributed by atoms with Crippen molar-refractivity contribution in [1.82, 2.24) is 10.2 Å². The number of amides is 1. The van der Waals surface area contributed by atoms with Crippen molar-refractivity contribution >= 4 is 15.7 Å². The topological polar surface area (TPSA) is 66.5 Å². The third-order valence-electron chi connectivity index (χ3n) is 4.11. The van der Waals surface area contributed by atoms with Crippen LogP contribution in [0.3, 0.4) is 0 Å². The van der Waals surface area contributed by atoms with Gasteiger partial charge in [-0.2, -0.15) is 0 Å². The predicted octanol–water partition coefficient (Wildman–Crippen LogP) is 0.756. The summed E-state index contributed by atoms with van der Waals surface area (Å²) in [7, 11) is -2.98. The Labute approximate surface area is 115 Å². The molecule has 2 fully saturated rings. The molecule has 0 spiro atoms. The highest BCUT2D eigenvalue weighted by Gasteiger charge is 2.44. The first-order chi connectivity index (χ1) is 8.85. The zero-order chi connectivity index (χ0) is 14.2. The van der Waals surface area contributed by atoms with Gasteiger partial charge in [-0.15, -0.1) is 0 Å². The van der Waals surface area contributed by atoms with Crippen molar-refractivity contribution in [3.05, 3.63) is 0 Å². The molecule has 1 N–H and O–H groups in total. The van der Waals surface area contributed by atoms with Gasteiger partial charge in [0, 0.05) is 6.04 Å². The number of rotatable bonds is 3. The van der Waals surface area contributed by atoms with Crippen LogP contribution < -0.4 is 5.32 Å². The number of carbonyl (C=O) groups excluding carboxylic acids is 1. The second-order valence-corrected chi connectivity index (χ2v) is 8.20. The highest BCUT2D eigenvalue weighted by molar-refractivity contribution is 7.91. The molecule has 3 unspecified atom stereocenters. The minimum atomic E-state index is -2.98. The smallest absolute Gasteiger partial charge is 0.241 e.